The van der Waals surface area contributed by atoms with Crippen molar-refractivity contribution in [1.82, 2.24) is 19.6 Å². The quantitative estimate of drug-likeness (QED) is 0.778. The zero-order valence-corrected chi connectivity index (χ0v) is 10.7. The lowest BCUT2D eigenvalue weighted by Crippen LogP contribution is -2.18. The molecule has 7 heteroatoms. The van der Waals surface area contributed by atoms with Gasteiger partial charge in [-0.15, -0.1) is 5.10 Å². The molecule has 1 N–H and O–H groups in total. The molecule has 0 spiro atoms. The van der Waals surface area contributed by atoms with Crippen molar-refractivity contribution in [3.63, 3.8) is 0 Å². The second-order valence-corrected chi connectivity index (χ2v) is 4.38. The van der Waals surface area contributed by atoms with Crippen LogP contribution in [0.15, 0.2) is 35.4 Å². The number of aromatic amines is 1. The summed E-state index contributed by atoms with van der Waals surface area (Å²) in [4.78, 5) is 19.0. The third-order valence-electron chi connectivity index (χ3n) is 2.59. The smallest absolute Gasteiger partial charge is 0.318 e. The van der Waals surface area contributed by atoms with E-state index in [1.54, 1.807) is 31.2 Å². The minimum absolute atomic E-state index is 0.167. The molecule has 0 fully saturated rings. The van der Waals surface area contributed by atoms with Gasteiger partial charge in [-0.3, -0.25) is 4.79 Å². The Morgan fingerprint density at radius 1 is 1.42 bits per heavy atom. The average molecular weight is 277 g/mol. The van der Waals surface area contributed by atoms with E-state index in [0.29, 0.717) is 22.2 Å². The van der Waals surface area contributed by atoms with Crippen LogP contribution in [-0.2, 0) is 0 Å². The Balaban J connectivity index is 2.12. The van der Waals surface area contributed by atoms with E-state index < -0.39 is 0 Å². The van der Waals surface area contributed by atoms with Gasteiger partial charge in [0.1, 0.15) is 12.1 Å². The molecule has 0 aliphatic carbocycles. The van der Waals surface area contributed by atoms with Gasteiger partial charge in [0.25, 0.3) is 0 Å². The zero-order valence-electron chi connectivity index (χ0n) is 9.92. The maximum Gasteiger partial charge on any atom is 0.318 e. The lowest BCUT2D eigenvalue weighted by Gasteiger charge is -2.08. The van der Waals surface area contributed by atoms with E-state index >= 15 is 0 Å². The van der Waals surface area contributed by atoms with Crippen LogP contribution in [0.3, 0.4) is 0 Å². The monoisotopic (exact) mass is 276 g/mol. The Bertz CT molecular complexity index is 809. The number of aryl methyl sites for hydroxylation is 1. The largest absolute Gasteiger partial charge is 0.450 e. The maximum atomic E-state index is 12.2. The molecule has 0 bridgehead atoms. The van der Waals surface area contributed by atoms with Gasteiger partial charge in [0.2, 0.25) is 11.5 Å². The first-order valence-corrected chi connectivity index (χ1v) is 5.89. The number of H-pyrrole nitrogens is 1. The molecule has 3 aromatic rings. The van der Waals surface area contributed by atoms with Gasteiger partial charge >= 0.3 is 5.56 Å². The summed E-state index contributed by atoms with van der Waals surface area (Å²) >= 11 is 5.87. The molecular formula is C12H9ClN4O2. The number of ether oxygens (including phenoxy) is 1. The molecule has 0 saturated carbocycles. The van der Waals surface area contributed by atoms with E-state index in [1.165, 1.54) is 6.33 Å². The maximum absolute atomic E-state index is 12.2. The number of benzene rings is 1. The number of aromatic nitrogens is 4. The van der Waals surface area contributed by atoms with Crippen LogP contribution in [0.5, 0.6) is 11.5 Å². The summed E-state index contributed by atoms with van der Waals surface area (Å²) < 4.78 is 6.73. The normalized spacial score (nSPS) is 10.8. The fourth-order valence-corrected chi connectivity index (χ4v) is 1.91. The van der Waals surface area contributed by atoms with Crippen LogP contribution in [0.4, 0.5) is 0 Å². The van der Waals surface area contributed by atoms with Crippen molar-refractivity contribution in [3.05, 3.63) is 51.7 Å². The molecule has 19 heavy (non-hydrogen) atoms. The zero-order chi connectivity index (χ0) is 13.4. The average Bonchev–Trinajstić information content (AvgIpc) is 2.83. The highest BCUT2D eigenvalue weighted by Gasteiger charge is 2.12. The van der Waals surface area contributed by atoms with E-state index in [2.05, 4.69) is 15.1 Å². The molecule has 0 radical (unpaired) electrons. The molecule has 0 atom stereocenters. The van der Waals surface area contributed by atoms with E-state index in [4.69, 9.17) is 16.3 Å². The Morgan fingerprint density at radius 2 is 2.26 bits per heavy atom. The minimum atomic E-state index is -0.372. The van der Waals surface area contributed by atoms with Crippen molar-refractivity contribution in [1.29, 1.82) is 0 Å². The Hall–Kier alpha value is -2.34. The van der Waals surface area contributed by atoms with Crippen LogP contribution in [0, 0.1) is 6.92 Å². The topological polar surface area (TPSA) is 72.3 Å². The first-order chi connectivity index (χ1) is 9.15. The molecule has 96 valence electrons. The van der Waals surface area contributed by atoms with Crippen molar-refractivity contribution in [3.8, 4) is 11.5 Å². The number of nitrogens with one attached hydrogen (secondary N) is 1. The van der Waals surface area contributed by atoms with Gasteiger partial charge in [0.05, 0.1) is 5.69 Å². The summed E-state index contributed by atoms with van der Waals surface area (Å²) in [6.07, 6.45) is 1.30. The van der Waals surface area contributed by atoms with Gasteiger partial charge in [-0.25, -0.2) is 0 Å². The minimum Gasteiger partial charge on any atom is -0.450 e. The van der Waals surface area contributed by atoms with Crippen LogP contribution >= 0.6 is 11.6 Å². The second-order valence-electron chi connectivity index (χ2n) is 3.94. The van der Waals surface area contributed by atoms with Crippen LogP contribution < -0.4 is 10.3 Å². The molecular weight excluding hydrogens is 268 g/mol. The molecule has 0 aliphatic heterocycles. The fourth-order valence-electron chi connectivity index (χ4n) is 1.72. The number of nitrogens with zero attached hydrogens (tertiary/aromatic N) is 3. The highest BCUT2D eigenvalue weighted by Crippen LogP contribution is 2.23. The van der Waals surface area contributed by atoms with Crippen LogP contribution in [0.1, 0.15) is 5.69 Å². The molecule has 3 rings (SSSR count). The summed E-state index contributed by atoms with van der Waals surface area (Å²) in [5, 5.41) is 4.37. The Labute approximate surface area is 112 Å². The number of hydrogen-bond acceptors (Lipinski definition) is 4. The van der Waals surface area contributed by atoms with Gasteiger partial charge in [-0.1, -0.05) is 17.7 Å². The van der Waals surface area contributed by atoms with Crippen molar-refractivity contribution in [2.75, 3.05) is 0 Å². The predicted molar refractivity (Wildman–Crippen MR) is 69.9 cm³/mol. The van der Waals surface area contributed by atoms with Gasteiger partial charge < -0.3 is 9.72 Å². The lowest BCUT2D eigenvalue weighted by molar-refractivity contribution is 0.464. The third kappa shape index (κ3) is 2.06. The van der Waals surface area contributed by atoms with E-state index in [1.807, 2.05) is 0 Å². The molecule has 6 nitrogen and oxygen atoms in total. The van der Waals surface area contributed by atoms with Gasteiger partial charge in [-0.05, 0) is 25.1 Å². The number of fused-ring (bicyclic) bond motifs is 1. The Kier molecular flexibility index (Phi) is 2.72. The van der Waals surface area contributed by atoms with E-state index in [9.17, 15) is 4.79 Å². The molecule has 0 amide bonds. The molecule has 0 aliphatic rings. The lowest BCUT2D eigenvalue weighted by atomic mass is 10.3. The highest BCUT2D eigenvalue weighted by molar-refractivity contribution is 6.30. The van der Waals surface area contributed by atoms with Crippen LogP contribution in [0.2, 0.25) is 5.02 Å². The first kappa shape index (κ1) is 11.7. The predicted octanol–water partition coefficient (Wildman–Crippen LogP) is 2.17. The molecule has 2 aromatic heterocycles. The van der Waals surface area contributed by atoms with Gasteiger partial charge in [-0.2, -0.15) is 9.50 Å². The Morgan fingerprint density at radius 3 is 3.05 bits per heavy atom. The molecule has 2 heterocycles. The summed E-state index contributed by atoms with van der Waals surface area (Å²) in [6, 6.07) is 6.82. The summed E-state index contributed by atoms with van der Waals surface area (Å²) in [5.41, 5.74) is 0.203. The summed E-state index contributed by atoms with van der Waals surface area (Å²) in [6.45, 7) is 1.73. The first-order valence-electron chi connectivity index (χ1n) is 5.51. The fraction of sp³-hybridized carbons (Fsp3) is 0.0833. The highest BCUT2D eigenvalue weighted by atomic mass is 35.5. The van der Waals surface area contributed by atoms with Crippen LogP contribution in [-0.4, -0.2) is 19.6 Å². The summed E-state index contributed by atoms with van der Waals surface area (Å²) in [5.74, 6) is 1.03. The number of hydrogen-bond donors (Lipinski definition) is 1. The summed E-state index contributed by atoms with van der Waals surface area (Å²) in [7, 11) is 0. The van der Waals surface area contributed by atoms with E-state index in [0.717, 1.165) is 4.52 Å². The van der Waals surface area contributed by atoms with Gasteiger partial charge in [0, 0.05) is 5.02 Å². The standard InChI is InChI=1S/C12H9ClN4O2/c1-7-10(19-9-4-2-3-8(13)5-9)11(18)17-12(16-7)14-6-15-17/h2-6H,1H3,(H,14,15,16). The van der Waals surface area contributed by atoms with Gasteiger partial charge in [0.15, 0.2) is 0 Å². The number of halogens is 1. The van der Waals surface area contributed by atoms with E-state index in [-0.39, 0.29) is 11.3 Å². The number of rotatable bonds is 2. The second kappa shape index (κ2) is 4.40. The van der Waals surface area contributed by atoms with Crippen LogP contribution in [0.25, 0.3) is 5.78 Å². The third-order valence-corrected chi connectivity index (χ3v) is 2.83. The molecule has 1 aromatic carbocycles. The van der Waals surface area contributed by atoms with Crippen molar-refractivity contribution in [2.24, 2.45) is 0 Å². The molecule has 0 unspecified atom stereocenters. The molecule has 0 saturated heterocycles. The van der Waals surface area contributed by atoms with Crippen molar-refractivity contribution >= 4 is 17.4 Å². The van der Waals surface area contributed by atoms with Crippen molar-refractivity contribution in [2.45, 2.75) is 6.92 Å². The SMILES string of the molecule is Cc1[nH]c2ncnn2c(=O)c1Oc1cccc(Cl)c1. The van der Waals surface area contributed by atoms with Crippen molar-refractivity contribution < 1.29 is 4.74 Å².